The number of carbonyl (C=O) groups is 1. The van der Waals surface area contributed by atoms with Gasteiger partial charge in [-0.25, -0.2) is 13.1 Å². The maximum absolute atomic E-state index is 11.7. The molecule has 94 valence electrons. The summed E-state index contributed by atoms with van der Waals surface area (Å²) in [6.07, 6.45) is 0. The summed E-state index contributed by atoms with van der Waals surface area (Å²) in [4.78, 5) is 11.8. The molecule has 0 aliphatic rings. The van der Waals surface area contributed by atoms with Crippen molar-refractivity contribution in [2.75, 3.05) is 13.6 Å². The van der Waals surface area contributed by atoms with Crippen LogP contribution in [0.5, 0.6) is 0 Å². The largest absolute Gasteiger partial charge is 0.352 e. The van der Waals surface area contributed by atoms with Crippen LogP contribution in [0, 0.1) is 6.92 Å². The van der Waals surface area contributed by atoms with E-state index in [0.29, 0.717) is 12.1 Å². The molecule has 0 bridgehead atoms. The zero-order valence-corrected chi connectivity index (χ0v) is 10.9. The van der Waals surface area contributed by atoms with Gasteiger partial charge in [-0.3, -0.25) is 4.79 Å². The average Bonchev–Trinajstić information content (AvgIpc) is 2.29. The zero-order valence-electron chi connectivity index (χ0n) is 10.1. The lowest BCUT2D eigenvalue weighted by Gasteiger charge is -2.08. The van der Waals surface area contributed by atoms with Gasteiger partial charge in [0.05, 0.1) is 4.90 Å². The molecule has 5 nitrogen and oxygen atoms in total. The van der Waals surface area contributed by atoms with Crippen LogP contribution >= 0.6 is 0 Å². The highest BCUT2D eigenvalue weighted by molar-refractivity contribution is 7.89. The number of amides is 1. The SMILES string of the molecule is CCNC(=O)c1cc(S(=O)(=O)NC)ccc1C. The van der Waals surface area contributed by atoms with E-state index in [-0.39, 0.29) is 10.8 Å². The van der Waals surface area contributed by atoms with E-state index in [1.54, 1.807) is 19.9 Å². The molecule has 1 aromatic carbocycles. The summed E-state index contributed by atoms with van der Waals surface area (Å²) in [5, 5.41) is 2.65. The second-order valence-corrected chi connectivity index (χ2v) is 5.43. The summed E-state index contributed by atoms with van der Waals surface area (Å²) in [6, 6.07) is 4.48. The van der Waals surface area contributed by atoms with Gasteiger partial charge in [-0.05, 0) is 38.6 Å². The first-order valence-corrected chi connectivity index (χ1v) is 6.73. The van der Waals surface area contributed by atoms with E-state index in [1.807, 2.05) is 0 Å². The number of sulfonamides is 1. The average molecular weight is 256 g/mol. The Kier molecular flexibility index (Phi) is 4.25. The molecule has 0 aliphatic heterocycles. The van der Waals surface area contributed by atoms with Crippen LogP contribution < -0.4 is 10.0 Å². The second-order valence-electron chi connectivity index (χ2n) is 3.54. The number of aryl methyl sites for hydroxylation is 1. The van der Waals surface area contributed by atoms with E-state index in [2.05, 4.69) is 10.0 Å². The summed E-state index contributed by atoms with van der Waals surface area (Å²) in [6.45, 7) is 4.07. The lowest BCUT2D eigenvalue weighted by atomic mass is 10.1. The summed E-state index contributed by atoms with van der Waals surface area (Å²) in [7, 11) is -2.18. The normalized spacial score (nSPS) is 11.2. The minimum atomic E-state index is -3.52. The predicted octanol–water partition coefficient (Wildman–Crippen LogP) is 0.653. The molecule has 0 saturated heterocycles. The van der Waals surface area contributed by atoms with Crippen LogP contribution in [0.15, 0.2) is 23.1 Å². The fourth-order valence-electron chi connectivity index (χ4n) is 1.39. The zero-order chi connectivity index (χ0) is 13.1. The molecule has 0 atom stereocenters. The van der Waals surface area contributed by atoms with Crippen LogP contribution in [0.2, 0.25) is 0 Å². The Hall–Kier alpha value is -1.40. The van der Waals surface area contributed by atoms with E-state index in [9.17, 15) is 13.2 Å². The molecule has 0 aromatic heterocycles. The first-order valence-electron chi connectivity index (χ1n) is 5.24. The molecular weight excluding hydrogens is 240 g/mol. The van der Waals surface area contributed by atoms with E-state index in [1.165, 1.54) is 19.2 Å². The lowest BCUT2D eigenvalue weighted by Crippen LogP contribution is -2.24. The van der Waals surface area contributed by atoms with E-state index in [4.69, 9.17) is 0 Å². The van der Waals surface area contributed by atoms with Crippen molar-refractivity contribution in [1.29, 1.82) is 0 Å². The number of rotatable bonds is 4. The molecule has 1 amide bonds. The van der Waals surface area contributed by atoms with Crippen LogP contribution in [0.3, 0.4) is 0 Å². The van der Waals surface area contributed by atoms with Gasteiger partial charge in [0.15, 0.2) is 0 Å². The maximum atomic E-state index is 11.7. The second kappa shape index (κ2) is 5.29. The van der Waals surface area contributed by atoms with Crippen LogP contribution in [-0.4, -0.2) is 27.9 Å². The highest BCUT2D eigenvalue weighted by Gasteiger charge is 2.15. The molecule has 0 spiro atoms. The molecule has 0 fully saturated rings. The number of carbonyl (C=O) groups excluding carboxylic acids is 1. The molecular formula is C11H16N2O3S. The van der Waals surface area contributed by atoms with Gasteiger partial charge in [-0.15, -0.1) is 0 Å². The Morgan fingerprint density at radius 1 is 1.35 bits per heavy atom. The van der Waals surface area contributed by atoms with Crippen molar-refractivity contribution >= 4 is 15.9 Å². The molecule has 1 rings (SSSR count). The topological polar surface area (TPSA) is 75.3 Å². The van der Waals surface area contributed by atoms with Gasteiger partial charge in [0.2, 0.25) is 10.0 Å². The Balaban J connectivity index is 3.25. The van der Waals surface area contributed by atoms with Crippen molar-refractivity contribution < 1.29 is 13.2 Å². The highest BCUT2D eigenvalue weighted by Crippen LogP contribution is 2.15. The Bertz CT molecular complexity index is 524. The third kappa shape index (κ3) is 3.04. The highest BCUT2D eigenvalue weighted by atomic mass is 32.2. The standard InChI is InChI=1S/C11H16N2O3S/c1-4-13-11(14)10-7-9(6-5-8(10)2)17(15,16)12-3/h5-7,12H,4H2,1-3H3,(H,13,14). The summed E-state index contributed by atoms with van der Waals surface area (Å²) in [5.74, 6) is -0.266. The minimum Gasteiger partial charge on any atom is -0.352 e. The molecule has 2 N–H and O–H groups in total. The van der Waals surface area contributed by atoms with Crippen LogP contribution in [-0.2, 0) is 10.0 Å². The summed E-state index contributed by atoms with van der Waals surface area (Å²) < 4.78 is 25.4. The van der Waals surface area contributed by atoms with Gasteiger partial charge in [0.25, 0.3) is 5.91 Å². The number of hydrogen-bond donors (Lipinski definition) is 2. The molecule has 1 aromatic rings. The molecule has 0 saturated carbocycles. The van der Waals surface area contributed by atoms with Gasteiger partial charge in [-0.1, -0.05) is 6.07 Å². The Morgan fingerprint density at radius 2 is 2.00 bits per heavy atom. The Labute approximate surface area is 101 Å². The van der Waals surface area contributed by atoms with E-state index < -0.39 is 10.0 Å². The van der Waals surface area contributed by atoms with Crippen LogP contribution in [0.1, 0.15) is 22.8 Å². The van der Waals surface area contributed by atoms with Crippen molar-refractivity contribution in [2.45, 2.75) is 18.7 Å². The monoisotopic (exact) mass is 256 g/mol. The maximum Gasteiger partial charge on any atom is 0.251 e. The first kappa shape index (κ1) is 13.7. The number of benzene rings is 1. The van der Waals surface area contributed by atoms with Gasteiger partial charge in [0, 0.05) is 12.1 Å². The van der Waals surface area contributed by atoms with E-state index >= 15 is 0 Å². The van der Waals surface area contributed by atoms with Crippen molar-refractivity contribution in [3.8, 4) is 0 Å². The Morgan fingerprint density at radius 3 is 2.53 bits per heavy atom. The lowest BCUT2D eigenvalue weighted by molar-refractivity contribution is 0.0955. The third-order valence-corrected chi connectivity index (χ3v) is 3.78. The molecule has 17 heavy (non-hydrogen) atoms. The number of nitrogens with one attached hydrogen (secondary N) is 2. The predicted molar refractivity (Wildman–Crippen MR) is 65.4 cm³/mol. The van der Waals surface area contributed by atoms with Crippen LogP contribution in [0.25, 0.3) is 0 Å². The van der Waals surface area contributed by atoms with Gasteiger partial charge < -0.3 is 5.32 Å². The van der Waals surface area contributed by atoms with Gasteiger partial charge in [0.1, 0.15) is 0 Å². The quantitative estimate of drug-likeness (QED) is 0.830. The minimum absolute atomic E-state index is 0.0897. The number of hydrogen-bond acceptors (Lipinski definition) is 3. The smallest absolute Gasteiger partial charge is 0.251 e. The van der Waals surface area contributed by atoms with Gasteiger partial charge >= 0.3 is 0 Å². The fourth-order valence-corrected chi connectivity index (χ4v) is 2.14. The van der Waals surface area contributed by atoms with Crippen molar-refractivity contribution in [3.05, 3.63) is 29.3 Å². The molecule has 6 heteroatoms. The fraction of sp³-hybridized carbons (Fsp3) is 0.364. The summed E-state index contributed by atoms with van der Waals surface area (Å²) >= 11 is 0. The van der Waals surface area contributed by atoms with Crippen molar-refractivity contribution in [2.24, 2.45) is 0 Å². The van der Waals surface area contributed by atoms with Crippen molar-refractivity contribution in [1.82, 2.24) is 10.0 Å². The summed E-state index contributed by atoms with van der Waals surface area (Å²) in [5.41, 5.74) is 1.12. The third-order valence-electron chi connectivity index (χ3n) is 2.37. The van der Waals surface area contributed by atoms with E-state index in [0.717, 1.165) is 5.56 Å². The van der Waals surface area contributed by atoms with Crippen molar-refractivity contribution in [3.63, 3.8) is 0 Å². The molecule has 0 heterocycles. The molecule has 0 unspecified atom stereocenters. The van der Waals surface area contributed by atoms with Crippen LogP contribution in [0.4, 0.5) is 0 Å². The first-order chi connectivity index (χ1) is 7.92. The molecule has 0 radical (unpaired) electrons. The molecule has 0 aliphatic carbocycles. The van der Waals surface area contributed by atoms with Gasteiger partial charge in [-0.2, -0.15) is 0 Å².